The fourth-order valence-corrected chi connectivity index (χ4v) is 2.95. The van der Waals surface area contributed by atoms with E-state index in [1.807, 2.05) is 0 Å². The second-order valence-corrected chi connectivity index (χ2v) is 6.20. The Morgan fingerprint density at radius 2 is 1.85 bits per heavy atom. The Bertz CT molecular complexity index is 608. The Kier molecular flexibility index (Phi) is 4.61. The third kappa shape index (κ3) is 3.40. The highest BCUT2D eigenvalue weighted by Gasteiger charge is 2.34. The topological polar surface area (TPSA) is 102 Å². The van der Waals surface area contributed by atoms with E-state index in [4.69, 9.17) is 14.6 Å². The van der Waals surface area contributed by atoms with Crippen molar-refractivity contribution in [1.29, 1.82) is 0 Å². The highest BCUT2D eigenvalue weighted by atomic mass is 32.2. The molecule has 7 nitrogen and oxygen atoms in total. The summed E-state index contributed by atoms with van der Waals surface area (Å²) in [7, 11) is -1.29. The van der Waals surface area contributed by atoms with E-state index in [1.54, 1.807) is 0 Å². The van der Waals surface area contributed by atoms with Crippen LogP contribution in [-0.2, 0) is 14.8 Å². The Morgan fingerprint density at radius 1 is 1.25 bits per heavy atom. The number of carboxylic acid groups (broad SMARTS) is 1. The lowest BCUT2D eigenvalue weighted by molar-refractivity contribution is -0.142. The molecule has 0 saturated carbocycles. The minimum absolute atomic E-state index is 0.0676. The van der Waals surface area contributed by atoms with Crippen LogP contribution in [0.1, 0.15) is 13.8 Å². The highest BCUT2D eigenvalue weighted by molar-refractivity contribution is 7.89. The third-order valence-corrected chi connectivity index (χ3v) is 4.28. The number of ether oxygens (including phenoxy) is 2. The molecular formula is C12H17NO6S. The highest BCUT2D eigenvalue weighted by Crippen LogP contribution is 2.29. The molecule has 1 rings (SSSR count). The molecule has 0 aliphatic heterocycles. The van der Waals surface area contributed by atoms with Gasteiger partial charge in [-0.25, -0.2) is 8.42 Å². The number of sulfonamides is 1. The Labute approximate surface area is 117 Å². The number of hydrogen-bond acceptors (Lipinski definition) is 5. The van der Waals surface area contributed by atoms with Gasteiger partial charge in [-0.3, -0.25) is 4.79 Å². The Balaban J connectivity index is 3.26. The molecule has 0 aromatic heterocycles. The van der Waals surface area contributed by atoms with E-state index < -0.39 is 21.5 Å². The van der Waals surface area contributed by atoms with Gasteiger partial charge in [-0.1, -0.05) is 0 Å². The molecule has 0 unspecified atom stereocenters. The molecule has 0 fully saturated rings. The summed E-state index contributed by atoms with van der Waals surface area (Å²) in [5.41, 5.74) is -1.64. The van der Waals surface area contributed by atoms with Gasteiger partial charge >= 0.3 is 5.97 Å². The maximum absolute atomic E-state index is 12.2. The molecule has 112 valence electrons. The average Bonchev–Trinajstić information content (AvgIpc) is 2.36. The number of carboxylic acids is 1. The van der Waals surface area contributed by atoms with Crippen LogP contribution in [0.15, 0.2) is 23.1 Å². The monoisotopic (exact) mass is 303 g/mol. The van der Waals surface area contributed by atoms with E-state index in [2.05, 4.69) is 4.72 Å². The number of rotatable bonds is 6. The normalized spacial score (nSPS) is 12.0. The standard InChI is InChI=1S/C12H17NO6S/c1-12(2,11(14)15)13-20(16,17)10-6-5-8(18-3)7-9(10)19-4/h5-7,13H,1-4H3,(H,14,15). The van der Waals surface area contributed by atoms with E-state index in [0.29, 0.717) is 5.75 Å². The first-order valence-electron chi connectivity index (χ1n) is 5.63. The number of aliphatic carboxylic acids is 1. The first-order valence-corrected chi connectivity index (χ1v) is 7.12. The summed E-state index contributed by atoms with van der Waals surface area (Å²) in [4.78, 5) is 10.8. The molecule has 8 heteroatoms. The molecule has 0 spiro atoms. The van der Waals surface area contributed by atoms with Crippen LogP contribution < -0.4 is 14.2 Å². The lowest BCUT2D eigenvalue weighted by atomic mass is 10.1. The van der Waals surface area contributed by atoms with Crippen LogP contribution in [-0.4, -0.2) is 39.3 Å². The van der Waals surface area contributed by atoms with Gasteiger partial charge in [-0.15, -0.1) is 0 Å². The van der Waals surface area contributed by atoms with Crippen molar-refractivity contribution in [2.24, 2.45) is 0 Å². The molecule has 0 amide bonds. The molecule has 0 bridgehead atoms. The molecule has 0 aliphatic rings. The summed E-state index contributed by atoms with van der Waals surface area (Å²) in [6.45, 7) is 2.51. The predicted octanol–water partition coefficient (Wildman–Crippen LogP) is 0.845. The Morgan fingerprint density at radius 3 is 2.30 bits per heavy atom. The van der Waals surface area contributed by atoms with Gasteiger partial charge < -0.3 is 14.6 Å². The van der Waals surface area contributed by atoms with Gasteiger partial charge in [0.1, 0.15) is 21.9 Å². The summed E-state index contributed by atoms with van der Waals surface area (Å²) in [5.74, 6) is -0.787. The molecular weight excluding hydrogens is 286 g/mol. The van der Waals surface area contributed by atoms with Crippen LogP contribution in [0, 0.1) is 0 Å². The van der Waals surface area contributed by atoms with Crippen molar-refractivity contribution in [3.05, 3.63) is 18.2 Å². The number of hydrogen-bond donors (Lipinski definition) is 2. The lowest BCUT2D eigenvalue weighted by Gasteiger charge is -2.21. The maximum atomic E-state index is 12.2. The zero-order valence-corrected chi connectivity index (χ0v) is 12.4. The summed E-state index contributed by atoms with van der Waals surface area (Å²) < 4.78 is 36.6. The van der Waals surface area contributed by atoms with Gasteiger partial charge in [0.15, 0.2) is 0 Å². The van der Waals surface area contributed by atoms with Crippen LogP contribution in [0.3, 0.4) is 0 Å². The van der Waals surface area contributed by atoms with Gasteiger partial charge in [0.05, 0.1) is 14.2 Å². The van der Waals surface area contributed by atoms with Crippen molar-refractivity contribution >= 4 is 16.0 Å². The fraction of sp³-hybridized carbons (Fsp3) is 0.417. The molecule has 2 N–H and O–H groups in total. The zero-order chi connectivity index (χ0) is 15.6. The van der Waals surface area contributed by atoms with Crippen LogP contribution >= 0.6 is 0 Å². The van der Waals surface area contributed by atoms with Crippen LogP contribution in [0.4, 0.5) is 0 Å². The van der Waals surface area contributed by atoms with Gasteiger partial charge in [-0.05, 0) is 26.0 Å². The summed E-state index contributed by atoms with van der Waals surface area (Å²) in [6, 6.07) is 4.14. The first-order chi connectivity index (χ1) is 9.14. The average molecular weight is 303 g/mol. The summed E-state index contributed by atoms with van der Waals surface area (Å²) in [5, 5.41) is 8.98. The fourth-order valence-electron chi connectivity index (χ4n) is 1.43. The minimum atomic E-state index is -4.04. The van der Waals surface area contributed by atoms with E-state index >= 15 is 0 Å². The zero-order valence-electron chi connectivity index (χ0n) is 11.6. The predicted molar refractivity (Wildman–Crippen MR) is 71.6 cm³/mol. The van der Waals surface area contributed by atoms with E-state index in [-0.39, 0.29) is 10.6 Å². The van der Waals surface area contributed by atoms with E-state index in [0.717, 1.165) is 0 Å². The SMILES string of the molecule is COc1ccc(S(=O)(=O)NC(C)(C)C(=O)O)c(OC)c1. The quantitative estimate of drug-likeness (QED) is 0.807. The van der Waals surface area contributed by atoms with Crippen molar-refractivity contribution in [2.45, 2.75) is 24.3 Å². The number of carbonyl (C=O) groups is 1. The number of nitrogens with one attached hydrogen (secondary N) is 1. The molecule has 0 heterocycles. The largest absolute Gasteiger partial charge is 0.497 e. The third-order valence-electron chi connectivity index (χ3n) is 2.58. The van der Waals surface area contributed by atoms with Crippen LogP contribution in [0.2, 0.25) is 0 Å². The van der Waals surface area contributed by atoms with Crippen molar-refractivity contribution in [1.82, 2.24) is 4.72 Å². The summed E-state index contributed by atoms with van der Waals surface area (Å²) in [6.07, 6.45) is 0. The second kappa shape index (κ2) is 5.68. The van der Waals surface area contributed by atoms with Crippen LogP contribution in [0.5, 0.6) is 11.5 Å². The van der Waals surface area contributed by atoms with E-state index in [9.17, 15) is 13.2 Å². The molecule has 1 aromatic carbocycles. The number of benzene rings is 1. The van der Waals surface area contributed by atoms with Gasteiger partial charge in [0, 0.05) is 6.07 Å². The van der Waals surface area contributed by atoms with Crippen molar-refractivity contribution < 1.29 is 27.8 Å². The van der Waals surface area contributed by atoms with Crippen LogP contribution in [0.25, 0.3) is 0 Å². The minimum Gasteiger partial charge on any atom is -0.497 e. The van der Waals surface area contributed by atoms with Gasteiger partial charge in [0.2, 0.25) is 10.0 Å². The number of methoxy groups -OCH3 is 2. The summed E-state index contributed by atoms with van der Waals surface area (Å²) >= 11 is 0. The lowest BCUT2D eigenvalue weighted by Crippen LogP contribution is -2.49. The van der Waals surface area contributed by atoms with E-state index in [1.165, 1.54) is 46.3 Å². The molecule has 20 heavy (non-hydrogen) atoms. The van der Waals surface area contributed by atoms with Gasteiger partial charge in [-0.2, -0.15) is 4.72 Å². The van der Waals surface area contributed by atoms with Gasteiger partial charge in [0.25, 0.3) is 0 Å². The maximum Gasteiger partial charge on any atom is 0.324 e. The van der Waals surface area contributed by atoms with Crippen molar-refractivity contribution in [3.8, 4) is 11.5 Å². The second-order valence-electron chi connectivity index (χ2n) is 4.55. The smallest absolute Gasteiger partial charge is 0.324 e. The Hall–Kier alpha value is -1.80. The molecule has 0 atom stereocenters. The van der Waals surface area contributed by atoms with Crippen molar-refractivity contribution in [3.63, 3.8) is 0 Å². The first kappa shape index (κ1) is 16.3. The van der Waals surface area contributed by atoms with Crippen molar-refractivity contribution in [2.75, 3.05) is 14.2 Å². The molecule has 1 aromatic rings. The molecule has 0 aliphatic carbocycles. The molecule has 0 saturated heterocycles. The molecule has 0 radical (unpaired) electrons.